The first-order valence-corrected chi connectivity index (χ1v) is 11.5. The summed E-state index contributed by atoms with van der Waals surface area (Å²) in [5.74, 6) is 0.208. The molecule has 0 aliphatic rings. The third kappa shape index (κ3) is 7.77. The van der Waals surface area contributed by atoms with Crippen LogP contribution in [0.15, 0.2) is 60.7 Å². The molecule has 0 spiro atoms. The summed E-state index contributed by atoms with van der Waals surface area (Å²) in [6, 6.07) is 20.4. The van der Waals surface area contributed by atoms with Crippen LogP contribution in [0.25, 0.3) is 0 Å². The molecule has 2 rings (SSSR count). The van der Waals surface area contributed by atoms with Crippen molar-refractivity contribution in [1.29, 1.82) is 0 Å². The van der Waals surface area contributed by atoms with Crippen molar-refractivity contribution in [3.8, 4) is 0 Å². The Bertz CT molecular complexity index is 633. The van der Waals surface area contributed by atoms with Gasteiger partial charge in [-0.25, -0.2) is 0 Å². The van der Waals surface area contributed by atoms with Gasteiger partial charge in [0.25, 0.3) is 0 Å². The second kappa shape index (κ2) is 11.6. The van der Waals surface area contributed by atoms with Crippen LogP contribution in [-0.4, -0.2) is 44.0 Å². The minimum atomic E-state index is -0.491. The molecule has 0 amide bonds. The molecule has 27 heavy (non-hydrogen) atoms. The fraction of sp³-hybridized carbons (Fsp3) is 0.478. The Morgan fingerprint density at radius 1 is 0.889 bits per heavy atom. The third-order valence-electron chi connectivity index (χ3n) is 4.73. The van der Waals surface area contributed by atoms with E-state index in [1.807, 2.05) is 69.3 Å². The molecule has 0 fully saturated rings. The molecule has 0 saturated heterocycles. The van der Waals surface area contributed by atoms with Crippen LogP contribution in [0.4, 0.5) is 0 Å². The summed E-state index contributed by atoms with van der Waals surface area (Å²) in [5.41, 5.74) is 1.14. The molecule has 0 bridgehead atoms. The van der Waals surface area contributed by atoms with Gasteiger partial charge in [0.2, 0.25) is 0 Å². The van der Waals surface area contributed by atoms with Crippen LogP contribution >= 0.6 is 0 Å². The number of aliphatic hydroxyl groups excluding tert-OH is 2. The van der Waals surface area contributed by atoms with Crippen molar-refractivity contribution in [1.82, 2.24) is 0 Å². The molecule has 4 heteroatoms. The number of benzene rings is 2. The molecule has 0 saturated carbocycles. The average molecular weight is 435 g/mol. The summed E-state index contributed by atoms with van der Waals surface area (Å²) in [7, 11) is 0. The van der Waals surface area contributed by atoms with E-state index in [1.165, 1.54) is 4.46 Å². The maximum absolute atomic E-state index is 11.0. The molecule has 4 atom stereocenters. The summed E-state index contributed by atoms with van der Waals surface area (Å²) < 4.78 is 7.09. The fourth-order valence-electron chi connectivity index (χ4n) is 2.84. The van der Waals surface area contributed by atoms with E-state index in [-0.39, 0.29) is 31.6 Å². The van der Waals surface area contributed by atoms with Gasteiger partial charge in [0, 0.05) is 0 Å². The maximum atomic E-state index is 11.0. The molecule has 2 N–H and O–H groups in total. The number of hydrogen-bond acceptors (Lipinski definition) is 3. The van der Waals surface area contributed by atoms with Crippen LogP contribution in [0.1, 0.15) is 32.8 Å². The summed E-state index contributed by atoms with van der Waals surface area (Å²) in [5, 5.41) is 21.4. The third-order valence-corrected chi connectivity index (χ3v) is 7.50. The zero-order valence-corrected chi connectivity index (χ0v) is 18.2. The summed E-state index contributed by atoms with van der Waals surface area (Å²) in [4.78, 5) is 0.0626. The predicted molar refractivity (Wildman–Crippen MR) is 112 cm³/mol. The van der Waals surface area contributed by atoms with Gasteiger partial charge in [-0.15, -0.1) is 0 Å². The van der Waals surface area contributed by atoms with E-state index in [4.69, 9.17) is 4.74 Å². The zero-order valence-electron chi connectivity index (χ0n) is 16.5. The van der Waals surface area contributed by atoms with Crippen LogP contribution in [-0.2, 0) is 11.3 Å². The van der Waals surface area contributed by atoms with Gasteiger partial charge in [-0.3, -0.25) is 0 Å². The molecule has 0 heterocycles. The molecule has 0 aliphatic heterocycles. The van der Waals surface area contributed by atoms with Crippen LogP contribution in [0.3, 0.4) is 0 Å². The normalized spacial score (nSPS) is 16.1. The zero-order chi connectivity index (χ0) is 19.6. The Balaban J connectivity index is 1.94. The van der Waals surface area contributed by atoms with Crippen LogP contribution in [0.5, 0.6) is 0 Å². The van der Waals surface area contributed by atoms with E-state index in [9.17, 15) is 10.2 Å². The van der Waals surface area contributed by atoms with Crippen molar-refractivity contribution in [3.05, 3.63) is 66.2 Å². The van der Waals surface area contributed by atoms with Crippen molar-refractivity contribution >= 4 is 19.4 Å². The number of aliphatic hydroxyl groups is 2. The van der Waals surface area contributed by atoms with E-state index in [2.05, 4.69) is 12.1 Å². The van der Waals surface area contributed by atoms with Crippen LogP contribution in [0, 0.1) is 11.8 Å². The Kier molecular flexibility index (Phi) is 9.53. The minimum absolute atomic E-state index is 0.0173. The average Bonchev–Trinajstić information content (AvgIpc) is 2.68. The topological polar surface area (TPSA) is 49.7 Å². The Morgan fingerprint density at radius 2 is 1.48 bits per heavy atom. The van der Waals surface area contributed by atoms with Gasteiger partial charge >= 0.3 is 170 Å². The Labute approximate surface area is 169 Å². The molecular weight excluding hydrogens is 403 g/mol. The van der Waals surface area contributed by atoms with Crippen molar-refractivity contribution in [2.24, 2.45) is 11.8 Å². The molecule has 2 aromatic carbocycles. The molecule has 2 aromatic rings. The first-order valence-electron chi connectivity index (χ1n) is 9.67. The molecular formula is C23H32O3Se. The standard InChI is InChI=1S/C23H32O3Se/c1-17(2)21(24)14-22(27-20-12-8-5-9-13-20)23(25)18(3)15-26-16-19-10-6-4-7-11-19/h4-13,17-18,21-25H,14-16H2,1-3H3/t18-,21-,22-,23-/m0/s1. The number of hydrogen-bond donors (Lipinski definition) is 2. The van der Waals surface area contributed by atoms with Crippen LogP contribution in [0.2, 0.25) is 4.82 Å². The molecule has 0 aliphatic carbocycles. The Hall–Kier alpha value is -1.16. The van der Waals surface area contributed by atoms with Crippen molar-refractivity contribution in [2.45, 2.75) is 50.8 Å². The van der Waals surface area contributed by atoms with E-state index >= 15 is 0 Å². The Morgan fingerprint density at radius 3 is 2.07 bits per heavy atom. The van der Waals surface area contributed by atoms with E-state index < -0.39 is 12.2 Å². The van der Waals surface area contributed by atoms with Crippen LogP contribution < -0.4 is 4.46 Å². The van der Waals surface area contributed by atoms with Gasteiger partial charge in [-0.2, -0.15) is 0 Å². The number of rotatable bonds is 11. The summed E-state index contributed by atoms with van der Waals surface area (Å²) in [6.45, 7) is 7.15. The second-order valence-corrected chi connectivity index (χ2v) is 10.2. The van der Waals surface area contributed by atoms with Gasteiger partial charge < -0.3 is 0 Å². The van der Waals surface area contributed by atoms with Gasteiger partial charge in [0.1, 0.15) is 0 Å². The first-order chi connectivity index (χ1) is 13.0. The fourth-order valence-corrected chi connectivity index (χ4v) is 5.71. The first kappa shape index (κ1) is 22.1. The van der Waals surface area contributed by atoms with Gasteiger partial charge in [0.15, 0.2) is 0 Å². The van der Waals surface area contributed by atoms with Crippen molar-refractivity contribution < 1.29 is 14.9 Å². The SMILES string of the molecule is CC(C)[C@@H](O)C[C@H]([Se]c1ccccc1)[C@@H](O)[C@@H](C)COCc1ccccc1. The van der Waals surface area contributed by atoms with E-state index in [1.54, 1.807) is 0 Å². The molecule has 148 valence electrons. The van der Waals surface area contributed by atoms with Crippen molar-refractivity contribution in [2.75, 3.05) is 6.61 Å². The van der Waals surface area contributed by atoms with E-state index in [0.717, 1.165) is 5.56 Å². The second-order valence-electron chi connectivity index (χ2n) is 7.49. The summed E-state index contributed by atoms with van der Waals surface area (Å²) in [6.07, 6.45) is -0.265. The van der Waals surface area contributed by atoms with E-state index in [0.29, 0.717) is 19.6 Å². The van der Waals surface area contributed by atoms with Gasteiger partial charge in [0.05, 0.1) is 0 Å². The predicted octanol–water partition coefficient (Wildman–Crippen LogP) is 3.43. The molecule has 3 nitrogen and oxygen atoms in total. The van der Waals surface area contributed by atoms with Gasteiger partial charge in [-0.1, -0.05) is 0 Å². The van der Waals surface area contributed by atoms with Gasteiger partial charge in [-0.05, 0) is 0 Å². The van der Waals surface area contributed by atoms with Crippen molar-refractivity contribution in [3.63, 3.8) is 0 Å². The summed E-state index contributed by atoms with van der Waals surface area (Å²) >= 11 is 0.101. The molecule has 0 unspecified atom stereocenters. The molecule has 0 aromatic heterocycles. The monoisotopic (exact) mass is 436 g/mol. The number of ether oxygens (including phenoxy) is 1. The molecule has 0 radical (unpaired) electrons. The quantitative estimate of drug-likeness (QED) is 0.532.